The van der Waals surface area contributed by atoms with Crippen molar-refractivity contribution >= 4 is 43.1 Å². The Hall–Kier alpha value is -5.69. The van der Waals surface area contributed by atoms with Crippen molar-refractivity contribution in [1.82, 2.24) is 0 Å². The first kappa shape index (κ1) is 38.8. The van der Waals surface area contributed by atoms with Crippen LogP contribution < -0.4 is 0 Å². The van der Waals surface area contributed by atoms with Crippen molar-refractivity contribution < 1.29 is 18.2 Å². The van der Waals surface area contributed by atoms with Gasteiger partial charge in [-0.2, -0.15) is 0 Å². The summed E-state index contributed by atoms with van der Waals surface area (Å²) in [5.74, 6) is 0. The average Bonchev–Trinajstić information content (AvgIpc) is 3.56. The molecule has 8 aromatic rings. The molecule has 2 nitrogen and oxygen atoms in total. The molecule has 7 aliphatic rings. The molecule has 59 heavy (non-hydrogen) atoms. The first-order valence-corrected chi connectivity index (χ1v) is 22.0. The van der Waals surface area contributed by atoms with Crippen LogP contribution >= 0.6 is 9.53 Å². The van der Waals surface area contributed by atoms with Gasteiger partial charge in [-0.25, -0.2) is 9.98 Å². The number of nitrogens with zero attached hydrogens (tertiary/aromatic N) is 2. The summed E-state index contributed by atoms with van der Waals surface area (Å²) in [7, 11) is 4.49. The molecule has 10 bridgehead atoms. The van der Waals surface area contributed by atoms with E-state index in [1.807, 2.05) is 0 Å². The van der Waals surface area contributed by atoms with E-state index >= 15 is 0 Å². The molecule has 15 rings (SSSR count). The predicted octanol–water partition coefficient (Wildman–Crippen LogP) is 14.7. The number of aliphatic imine (C=N–C) groups is 2. The SMILES string of the molecule is Cc1cc2c3c(c1)-c1ccc(cc1)CCc1ccc(cc1)-c1cc(C)cc(c1N=C1C(=N3)c3cccc4cccc1c34)-c1ccc(cc1)CCc1ccc-2cc1.[CH3-].[Cl][Pd+]. The molecule has 0 N–H and O–H groups in total. The van der Waals surface area contributed by atoms with Crippen LogP contribution in [0.1, 0.15) is 44.5 Å². The second-order valence-electron chi connectivity index (χ2n) is 15.8. The van der Waals surface area contributed by atoms with E-state index in [4.69, 9.17) is 9.98 Å². The van der Waals surface area contributed by atoms with Crippen molar-refractivity contribution in [2.75, 3.05) is 0 Å². The van der Waals surface area contributed by atoms with E-state index in [1.54, 1.807) is 0 Å². The molecule has 8 aromatic carbocycles. The van der Waals surface area contributed by atoms with Gasteiger partial charge in [-0.1, -0.05) is 133 Å². The molecule has 4 heteroatoms. The second kappa shape index (κ2) is 16.2. The topological polar surface area (TPSA) is 24.7 Å². The molecule has 6 heterocycles. The van der Waals surface area contributed by atoms with Gasteiger partial charge in [0.15, 0.2) is 0 Å². The average molecular weight is 874 g/mol. The summed E-state index contributed by atoms with van der Waals surface area (Å²) in [6.45, 7) is 4.41. The van der Waals surface area contributed by atoms with Crippen LogP contribution in [-0.4, -0.2) is 11.4 Å². The Balaban J connectivity index is 0.00000148. The maximum absolute atomic E-state index is 5.88. The number of fused-ring (bicyclic) bond motifs is 4. The van der Waals surface area contributed by atoms with Crippen molar-refractivity contribution in [1.29, 1.82) is 0 Å². The molecular weight excluding hydrogens is 830 g/mol. The van der Waals surface area contributed by atoms with Gasteiger partial charge in [-0.05, 0) is 125 Å². The number of aryl methyl sites for hydroxylation is 6. The Kier molecular flexibility index (Phi) is 10.6. The Morgan fingerprint density at radius 2 is 0.678 bits per heavy atom. The van der Waals surface area contributed by atoms with Crippen LogP contribution in [0.2, 0.25) is 0 Å². The number of benzene rings is 8. The summed E-state index contributed by atoms with van der Waals surface area (Å²) in [6.07, 6.45) is 3.91. The van der Waals surface area contributed by atoms with Crippen molar-refractivity contribution in [3.8, 4) is 44.5 Å². The third kappa shape index (κ3) is 7.13. The maximum atomic E-state index is 5.88. The number of rotatable bonds is 0. The Morgan fingerprint density at radius 1 is 0.390 bits per heavy atom. The minimum atomic E-state index is 0. The van der Waals surface area contributed by atoms with E-state index in [9.17, 15) is 0 Å². The monoisotopic (exact) mass is 872 g/mol. The summed E-state index contributed by atoms with van der Waals surface area (Å²) in [5.41, 5.74) is 22.9. The van der Waals surface area contributed by atoms with Gasteiger partial charge >= 0.3 is 27.7 Å². The van der Waals surface area contributed by atoms with Gasteiger partial charge in [-0.3, -0.25) is 0 Å². The Bertz CT molecular complexity index is 2600. The Morgan fingerprint density at radius 3 is 0.966 bits per heavy atom. The fraction of sp³-hybridized carbons (Fsp3) is 0.109. The molecule has 290 valence electrons. The van der Waals surface area contributed by atoms with E-state index in [1.165, 1.54) is 66.4 Å². The molecule has 0 aromatic heterocycles. The van der Waals surface area contributed by atoms with Crippen LogP contribution in [0.15, 0.2) is 168 Å². The normalized spacial score (nSPS) is 13.2. The number of hydrogen-bond acceptors (Lipinski definition) is 2. The van der Waals surface area contributed by atoms with E-state index < -0.39 is 0 Å². The first-order chi connectivity index (χ1) is 28.5. The quantitative estimate of drug-likeness (QED) is 0.107. The van der Waals surface area contributed by atoms with Gasteiger partial charge in [0.25, 0.3) is 0 Å². The van der Waals surface area contributed by atoms with Crippen molar-refractivity contribution in [3.05, 3.63) is 210 Å². The van der Waals surface area contributed by atoms with Gasteiger partial charge in [0.2, 0.25) is 0 Å². The van der Waals surface area contributed by atoms with Gasteiger partial charge in [-0.15, -0.1) is 0 Å². The van der Waals surface area contributed by atoms with Gasteiger partial charge in [0, 0.05) is 38.8 Å². The van der Waals surface area contributed by atoms with Crippen LogP contribution in [0.3, 0.4) is 0 Å². The van der Waals surface area contributed by atoms with Gasteiger partial charge in [0.05, 0.1) is 22.8 Å². The van der Waals surface area contributed by atoms with Crippen LogP contribution in [0, 0.1) is 21.3 Å². The molecule has 1 aliphatic carbocycles. The summed E-state index contributed by atoms with van der Waals surface area (Å²) in [6, 6.07) is 59.2. The fourth-order valence-corrected chi connectivity index (χ4v) is 9.10. The summed E-state index contributed by atoms with van der Waals surface area (Å²) in [4.78, 5) is 11.8. The standard InChI is InChI=1S/C54H40N2.CH3.ClH.Pd/c1-33-29-46-39-21-13-35(14-22-39)9-11-37-17-25-41(26-18-37)48-31-34(2)32-49-42-27-19-38(20-28-42)12-10-36-15-23-40(24-16-36)47(30-33)51(46)55-53-44-7-3-5-43-6-4-8-45(50(43)44)54(53)56-52(48)49;;;/h3-8,13-32H,9-12H2,1-2H3;1H3;1H;/q;-1;;+2/p-1. The van der Waals surface area contributed by atoms with Gasteiger partial charge < -0.3 is 7.43 Å². The molecule has 0 spiro atoms. The summed E-state index contributed by atoms with van der Waals surface area (Å²) >= 11 is 2.22. The van der Waals surface area contributed by atoms with Gasteiger partial charge in [0.1, 0.15) is 0 Å². The van der Waals surface area contributed by atoms with E-state index in [0.29, 0.717) is 0 Å². The van der Waals surface area contributed by atoms with E-state index in [0.717, 1.165) is 81.9 Å². The van der Waals surface area contributed by atoms with Crippen LogP contribution in [0.25, 0.3) is 55.3 Å². The zero-order valence-corrected chi connectivity index (χ0v) is 35.7. The van der Waals surface area contributed by atoms with Crippen molar-refractivity contribution in [2.24, 2.45) is 9.98 Å². The molecule has 0 unspecified atom stereocenters. The third-order valence-corrected chi connectivity index (χ3v) is 12.1. The molecule has 0 amide bonds. The zero-order chi connectivity index (χ0) is 39.3. The van der Waals surface area contributed by atoms with Crippen LogP contribution in [0.4, 0.5) is 11.4 Å². The first-order valence-electron chi connectivity index (χ1n) is 20.0. The molecule has 6 aliphatic heterocycles. The van der Waals surface area contributed by atoms with Crippen LogP contribution in [-0.2, 0) is 43.9 Å². The molecule has 0 radical (unpaired) electrons. The second-order valence-corrected chi connectivity index (χ2v) is 15.8. The van der Waals surface area contributed by atoms with E-state index in [2.05, 4.69) is 199 Å². The fourth-order valence-electron chi connectivity index (χ4n) is 9.10. The zero-order valence-electron chi connectivity index (χ0n) is 33.4. The summed E-state index contributed by atoms with van der Waals surface area (Å²) < 4.78 is 0. The van der Waals surface area contributed by atoms with Crippen molar-refractivity contribution in [3.63, 3.8) is 0 Å². The molecule has 0 saturated heterocycles. The Labute approximate surface area is 362 Å². The molecule has 0 atom stereocenters. The number of halogens is 1. The van der Waals surface area contributed by atoms with E-state index in [-0.39, 0.29) is 7.43 Å². The molecule has 0 fully saturated rings. The van der Waals surface area contributed by atoms with Crippen LogP contribution in [0.5, 0.6) is 0 Å². The molecular formula is C55H43ClN2Pd. The predicted molar refractivity (Wildman–Crippen MR) is 248 cm³/mol. The third-order valence-electron chi connectivity index (χ3n) is 12.1. The molecule has 0 saturated carbocycles. The number of hydrogen-bond donors (Lipinski definition) is 0. The minimum absolute atomic E-state index is 0. The summed E-state index contributed by atoms with van der Waals surface area (Å²) in [5, 5.41) is 2.40. The van der Waals surface area contributed by atoms with Crippen molar-refractivity contribution in [2.45, 2.75) is 39.5 Å².